The van der Waals surface area contributed by atoms with Gasteiger partial charge in [0.1, 0.15) is 0 Å². The Kier molecular flexibility index (Phi) is 2.75. The maximum Gasteiger partial charge on any atom is 0.161 e. The third-order valence-electron chi connectivity index (χ3n) is 4.70. The van der Waals surface area contributed by atoms with Gasteiger partial charge in [-0.25, -0.2) is 0 Å². The second-order valence-corrected chi connectivity index (χ2v) is 5.71. The molecule has 0 saturated carbocycles. The Morgan fingerprint density at radius 3 is 2.81 bits per heavy atom. The highest BCUT2D eigenvalue weighted by molar-refractivity contribution is 5.49. The van der Waals surface area contributed by atoms with Crippen LogP contribution in [0.2, 0.25) is 0 Å². The molecule has 1 aliphatic heterocycles. The standard InChI is InChI=1S/C17H23NO3/c1-18-9-8-17(7-6-13(19)11-16(17)18)12-4-5-14(20-2)15(10-12)21-3/h4-5,10-11,13,19H,6-9H2,1-3H3/t13-,17+/m1/s1/i1D3. The van der Waals surface area contributed by atoms with Gasteiger partial charge in [-0.05, 0) is 43.0 Å². The second-order valence-electron chi connectivity index (χ2n) is 5.71. The maximum atomic E-state index is 10.1. The van der Waals surface area contributed by atoms with Crippen molar-refractivity contribution in [2.24, 2.45) is 0 Å². The van der Waals surface area contributed by atoms with Gasteiger partial charge in [0.25, 0.3) is 0 Å². The number of hydrogen-bond donors (Lipinski definition) is 1. The van der Waals surface area contributed by atoms with Gasteiger partial charge in [-0.1, -0.05) is 6.07 Å². The van der Waals surface area contributed by atoms with E-state index in [9.17, 15) is 5.11 Å². The number of aliphatic hydroxyl groups excluding tert-OH is 1. The van der Waals surface area contributed by atoms with Gasteiger partial charge in [0.2, 0.25) is 0 Å². The predicted molar refractivity (Wildman–Crippen MR) is 81.8 cm³/mol. The average Bonchev–Trinajstić information content (AvgIpc) is 2.94. The van der Waals surface area contributed by atoms with Crippen molar-refractivity contribution in [2.75, 3.05) is 27.7 Å². The van der Waals surface area contributed by atoms with Crippen LogP contribution in [0, 0.1) is 0 Å². The van der Waals surface area contributed by atoms with Crippen LogP contribution in [0.15, 0.2) is 30.0 Å². The molecule has 1 aromatic carbocycles. The summed E-state index contributed by atoms with van der Waals surface area (Å²) < 4.78 is 34.1. The van der Waals surface area contributed by atoms with Crippen molar-refractivity contribution in [1.29, 1.82) is 0 Å². The van der Waals surface area contributed by atoms with Crippen LogP contribution in [-0.2, 0) is 5.41 Å². The van der Waals surface area contributed by atoms with E-state index >= 15 is 0 Å². The van der Waals surface area contributed by atoms with Crippen LogP contribution in [0.5, 0.6) is 11.5 Å². The van der Waals surface area contributed by atoms with Gasteiger partial charge >= 0.3 is 0 Å². The molecule has 0 spiro atoms. The number of methoxy groups -OCH3 is 2. The Hall–Kier alpha value is -1.68. The van der Waals surface area contributed by atoms with E-state index < -0.39 is 18.5 Å². The lowest BCUT2D eigenvalue weighted by molar-refractivity contribution is 0.181. The van der Waals surface area contributed by atoms with Crippen LogP contribution < -0.4 is 9.47 Å². The van der Waals surface area contributed by atoms with E-state index in [4.69, 9.17) is 13.6 Å². The number of ether oxygens (including phenoxy) is 2. The summed E-state index contributed by atoms with van der Waals surface area (Å²) in [6.07, 6.45) is 3.14. The monoisotopic (exact) mass is 292 g/mol. The van der Waals surface area contributed by atoms with Crippen LogP contribution in [0.3, 0.4) is 0 Å². The number of benzene rings is 1. The number of nitrogens with zero attached hydrogens (tertiary/aromatic N) is 1. The Balaban J connectivity index is 2.10. The fourth-order valence-corrected chi connectivity index (χ4v) is 3.54. The highest BCUT2D eigenvalue weighted by atomic mass is 16.5. The van der Waals surface area contributed by atoms with E-state index in [0.717, 1.165) is 5.56 Å². The summed E-state index contributed by atoms with van der Waals surface area (Å²) in [7, 11) is 3.17. The lowest BCUT2D eigenvalue weighted by atomic mass is 9.70. The predicted octanol–water partition coefficient (Wildman–Crippen LogP) is 2.32. The van der Waals surface area contributed by atoms with Crippen molar-refractivity contribution >= 4 is 0 Å². The lowest BCUT2D eigenvalue weighted by Gasteiger charge is -2.37. The van der Waals surface area contributed by atoms with Gasteiger partial charge in [-0.15, -0.1) is 0 Å². The number of hydrogen-bond acceptors (Lipinski definition) is 4. The molecule has 114 valence electrons. The maximum absolute atomic E-state index is 10.1. The van der Waals surface area contributed by atoms with E-state index in [2.05, 4.69) is 0 Å². The molecule has 1 saturated heterocycles. The van der Waals surface area contributed by atoms with Crippen LogP contribution in [0.4, 0.5) is 0 Å². The Morgan fingerprint density at radius 2 is 2.10 bits per heavy atom. The summed E-state index contributed by atoms with van der Waals surface area (Å²) in [5.41, 5.74) is 1.31. The average molecular weight is 292 g/mol. The third kappa shape index (κ3) is 2.18. The first-order valence-corrected chi connectivity index (χ1v) is 7.22. The zero-order chi connectivity index (χ0) is 17.5. The smallest absolute Gasteiger partial charge is 0.161 e. The highest BCUT2D eigenvalue weighted by Gasteiger charge is 2.45. The molecule has 2 atom stereocenters. The molecule has 0 bridgehead atoms. The molecule has 0 radical (unpaired) electrons. The Labute approximate surface area is 130 Å². The fraction of sp³-hybridized carbons (Fsp3) is 0.529. The first-order valence-electron chi connectivity index (χ1n) is 8.72. The minimum atomic E-state index is -2.21. The number of likely N-dealkylation sites (N-methyl/N-ethyl adjacent to an activating group) is 1. The Morgan fingerprint density at radius 1 is 1.29 bits per heavy atom. The molecule has 0 amide bonds. The van der Waals surface area contributed by atoms with Gasteiger partial charge < -0.3 is 19.5 Å². The number of rotatable bonds is 3. The number of fused-ring (bicyclic) bond motifs is 1. The molecule has 2 aliphatic rings. The number of likely N-dealkylation sites (tertiary alicyclic amines) is 1. The minimum absolute atomic E-state index is 0.396. The highest BCUT2D eigenvalue weighted by Crippen LogP contribution is 2.50. The zero-order valence-corrected chi connectivity index (χ0v) is 12.4. The summed E-state index contributed by atoms with van der Waals surface area (Å²) in [6, 6.07) is 5.74. The van der Waals surface area contributed by atoms with Gasteiger partial charge in [0.05, 0.1) is 20.3 Å². The summed E-state index contributed by atoms with van der Waals surface area (Å²) in [5.74, 6) is 1.27. The van der Waals surface area contributed by atoms with Crippen LogP contribution in [0.1, 0.15) is 28.9 Å². The molecule has 1 aliphatic carbocycles. The first-order chi connectivity index (χ1) is 11.3. The minimum Gasteiger partial charge on any atom is -0.493 e. The van der Waals surface area contributed by atoms with Gasteiger partial charge in [-0.3, -0.25) is 0 Å². The number of allylic oxidation sites excluding steroid dienone is 1. The third-order valence-corrected chi connectivity index (χ3v) is 4.70. The molecule has 1 fully saturated rings. The molecular formula is C17H23NO3. The largest absolute Gasteiger partial charge is 0.493 e. The van der Waals surface area contributed by atoms with Gasteiger partial charge in [-0.2, -0.15) is 0 Å². The number of aliphatic hydroxyl groups is 1. The Bertz CT molecular complexity index is 659. The topological polar surface area (TPSA) is 41.9 Å². The van der Waals surface area contributed by atoms with E-state index in [1.165, 1.54) is 4.90 Å². The van der Waals surface area contributed by atoms with Crippen molar-refractivity contribution in [1.82, 2.24) is 4.90 Å². The van der Waals surface area contributed by atoms with Crippen LogP contribution >= 0.6 is 0 Å². The summed E-state index contributed by atoms with van der Waals surface area (Å²) in [4.78, 5) is 1.45. The molecule has 1 N–H and O–H groups in total. The molecular weight excluding hydrogens is 266 g/mol. The van der Waals surface area contributed by atoms with Crippen LogP contribution in [-0.4, -0.2) is 43.9 Å². The normalized spacial score (nSPS) is 30.8. The fourth-order valence-electron chi connectivity index (χ4n) is 3.54. The summed E-state index contributed by atoms with van der Waals surface area (Å²) in [6.45, 7) is -1.76. The quantitative estimate of drug-likeness (QED) is 0.928. The molecule has 4 nitrogen and oxygen atoms in total. The first kappa shape index (κ1) is 11.0. The molecule has 1 aromatic rings. The summed E-state index contributed by atoms with van der Waals surface area (Å²) >= 11 is 0. The van der Waals surface area contributed by atoms with Crippen molar-refractivity contribution in [3.05, 3.63) is 35.5 Å². The second kappa shape index (κ2) is 5.26. The summed E-state index contributed by atoms with van der Waals surface area (Å²) in [5, 5.41) is 10.1. The molecule has 21 heavy (non-hydrogen) atoms. The van der Waals surface area contributed by atoms with Crippen LogP contribution in [0.25, 0.3) is 0 Å². The van der Waals surface area contributed by atoms with Crippen molar-refractivity contribution in [3.63, 3.8) is 0 Å². The van der Waals surface area contributed by atoms with E-state index in [-0.39, 0.29) is 0 Å². The van der Waals surface area contributed by atoms with Crippen molar-refractivity contribution in [3.8, 4) is 11.5 Å². The molecule has 3 rings (SSSR count). The molecule has 4 heteroatoms. The van der Waals surface area contributed by atoms with E-state index in [1.807, 2.05) is 18.2 Å². The van der Waals surface area contributed by atoms with Gasteiger partial charge in [0, 0.05) is 28.7 Å². The molecule has 0 unspecified atom stereocenters. The lowest BCUT2D eigenvalue weighted by Crippen LogP contribution is -2.33. The van der Waals surface area contributed by atoms with Crippen molar-refractivity contribution in [2.45, 2.75) is 30.8 Å². The van der Waals surface area contributed by atoms with Crippen molar-refractivity contribution < 1.29 is 18.7 Å². The van der Waals surface area contributed by atoms with E-state index in [0.29, 0.717) is 43.0 Å². The zero-order valence-electron chi connectivity index (χ0n) is 15.4. The van der Waals surface area contributed by atoms with E-state index in [1.54, 1.807) is 20.3 Å². The molecule has 0 aromatic heterocycles. The molecule has 1 heterocycles. The van der Waals surface area contributed by atoms with Gasteiger partial charge in [0.15, 0.2) is 11.5 Å². The SMILES string of the molecule is [2H]C([2H])([2H])N1CC[C@]2(c3ccc(OC)c(OC)c3)CC[C@@H](O)C=C12.